The predicted molar refractivity (Wildman–Crippen MR) is 71.1 cm³/mol. The van der Waals surface area contributed by atoms with Crippen LogP contribution in [0.1, 0.15) is 16.8 Å². The van der Waals surface area contributed by atoms with Gasteiger partial charge in [-0.1, -0.05) is 0 Å². The number of hydrogen-bond donors (Lipinski definition) is 3. The van der Waals surface area contributed by atoms with E-state index in [2.05, 4.69) is 5.32 Å². The molecule has 0 radical (unpaired) electrons. The van der Waals surface area contributed by atoms with E-state index in [0.29, 0.717) is 0 Å². The van der Waals surface area contributed by atoms with E-state index in [0.717, 1.165) is 18.2 Å². The van der Waals surface area contributed by atoms with Crippen molar-refractivity contribution in [2.45, 2.75) is 6.42 Å². The Kier molecular flexibility index (Phi) is 5.00. The van der Waals surface area contributed by atoms with E-state index < -0.39 is 20.9 Å². The van der Waals surface area contributed by atoms with E-state index in [9.17, 15) is 23.3 Å². The van der Waals surface area contributed by atoms with Gasteiger partial charge >= 0.3 is 5.97 Å². The van der Waals surface area contributed by atoms with Gasteiger partial charge in [0.25, 0.3) is 5.69 Å². The van der Waals surface area contributed by atoms with Crippen molar-refractivity contribution >= 4 is 27.4 Å². The van der Waals surface area contributed by atoms with E-state index in [-0.39, 0.29) is 35.7 Å². The minimum atomic E-state index is -3.59. The number of nitrogens with one attached hydrogen (secondary N) is 1. The average Bonchev–Trinajstić information content (AvgIpc) is 2.33. The van der Waals surface area contributed by atoms with Gasteiger partial charge in [-0.2, -0.15) is 0 Å². The second kappa shape index (κ2) is 6.30. The summed E-state index contributed by atoms with van der Waals surface area (Å²) in [5.41, 5.74) is -0.337. The molecule has 0 amide bonds. The number of carbonyl (C=O) groups is 1. The van der Waals surface area contributed by atoms with Crippen molar-refractivity contribution in [2.24, 2.45) is 5.14 Å². The fourth-order valence-corrected chi connectivity index (χ4v) is 2.02. The SMILES string of the molecule is NS(=O)(=O)CCCNc1cc([N+](=O)[O-])ccc1C(=O)O. The van der Waals surface area contributed by atoms with E-state index in [4.69, 9.17) is 10.2 Å². The van der Waals surface area contributed by atoms with Crippen molar-refractivity contribution in [3.8, 4) is 0 Å². The Bertz CT molecular complexity index is 628. The molecule has 20 heavy (non-hydrogen) atoms. The van der Waals surface area contributed by atoms with Crippen LogP contribution >= 0.6 is 0 Å². The molecule has 0 saturated carbocycles. The molecule has 110 valence electrons. The molecule has 0 atom stereocenters. The highest BCUT2D eigenvalue weighted by Crippen LogP contribution is 2.22. The lowest BCUT2D eigenvalue weighted by Crippen LogP contribution is -2.19. The van der Waals surface area contributed by atoms with Gasteiger partial charge in [-0.15, -0.1) is 0 Å². The van der Waals surface area contributed by atoms with Crippen molar-refractivity contribution in [2.75, 3.05) is 17.6 Å². The molecule has 0 aromatic heterocycles. The second-order valence-corrected chi connectivity index (χ2v) is 5.67. The number of aromatic carboxylic acids is 1. The van der Waals surface area contributed by atoms with Crippen LogP contribution in [-0.4, -0.2) is 36.7 Å². The van der Waals surface area contributed by atoms with Crippen LogP contribution in [-0.2, 0) is 10.0 Å². The Morgan fingerprint density at radius 1 is 1.45 bits per heavy atom. The minimum Gasteiger partial charge on any atom is -0.478 e. The maximum Gasteiger partial charge on any atom is 0.337 e. The van der Waals surface area contributed by atoms with E-state index in [1.54, 1.807) is 0 Å². The van der Waals surface area contributed by atoms with Gasteiger partial charge in [0, 0.05) is 18.7 Å². The predicted octanol–water partition coefficient (Wildman–Crippen LogP) is 0.383. The highest BCUT2D eigenvalue weighted by atomic mass is 32.2. The number of nitro groups is 1. The molecule has 0 bridgehead atoms. The Morgan fingerprint density at radius 2 is 2.10 bits per heavy atom. The highest BCUT2D eigenvalue weighted by Gasteiger charge is 2.15. The van der Waals surface area contributed by atoms with Crippen molar-refractivity contribution in [3.05, 3.63) is 33.9 Å². The lowest BCUT2D eigenvalue weighted by molar-refractivity contribution is -0.384. The average molecular weight is 303 g/mol. The maximum absolute atomic E-state index is 11.0. The molecule has 0 spiro atoms. The Morgan fingerprint density at radius 3 is 2.60 bits per heavy atom. The zero-order valence-corrected chi connectivity index (χ0v) is 11.1. The van der Waals surface area contributed by atoms with Gasteiger partial charge in [0.2, 0.25) is 10.0 Å². The summed E-state index contributed by atoms with van der Waals surface area (Å²) in [5, 5.41) is 27.1. The first-order valence-corrected chi connectivity index (χ1v) is 7.18. The summed E-state index contributed by atoms with van der Waals surface area (Å²) in [6.45, 7) is 0.123. The van der Waals surface area contributed by atoms with E-state index in [1.807, 2.05) is 0 Å². The Hall–Kier alpha value is -2.20. The first kappa shape index (κ1) is 15.9. The Labute approximate surface area is 114 Å². The number of non-ortho nitro benzene ring substituents is 1. The third-order valence-corrected chi connectivity index (χ3v) is 3.22. The number of sulfonamides is 1. The summed E-state index contributed by atoms with van der Waals surface area (Å²) in [6, 6.07) is 3.28. The molecule has 1 aromatic carbocycles. The third-order valence-electron chi connectivity index (χ3n) is 2.37. The standard InChI is InChI=1S/C10H13N3O6S/c11-20(18,19)5-1-4-12-9-6-7(13(16)17)2-3-8(9)10(14)15/h2-3,6,12H,1,4-5H2,(H,14,15)(H2,11,18,19). The van der Waals surface area contributed by atoms with Crippen LogP contribution in [0.4, 0.5) is 11.4 Å². The fraction of sp³-hybridized carbons (Fsp3) is 0.300. The van der Waals surface area contributed by atoms with Gasteiger partial charge in [-0.3, -0.25) is 10.1 Å². The van der Waals surface area contributed by atoms with Crippen molar-refractivity contribution in [1.29, 1.82) is 0 Å². The molecule has 1 rings (SSSR count). The normalized spacial score (nSPS) is 11.1. The first-order valence-electron chi connectivity index (χ1n) is 5.47. The van der Waals surface area contributed by atoms with Crippen molar-refractivity contribution < 1.29 is 23.2 Å². The summed E-state index contributed by atoms with van der Waals surface area (Å²) < 4.78 is 21.5. The fourth-order valence-electron chi connectivity index (χ4n) is 1.47. The van der Waals surface area contributed by atoms with Gasteiger partial charge in [-0.05, 0) is 12.5 Å². The van der Waals surface area contributed by atoms with Crippen LogP contribution in [0.2, 0.25) is 0 Å². The minimum absolute atomic E-state index is 0.0566. The smallest absolute Gasteiger partial charge is 0.337 e. The Balaban J connectivity index is 2.83. The number of primary sulfonamides is 1. The number of carboxylic acids is 1. The molecule has 0 aliphatic carbocycles. The molecular formula is C10H13N3O6S. The molecule has 10 heteroatoms. The zero-order valence-electron chi connectivity index (χ0n) is 10.3. The molecule has 0 heterocycles. The quantitative estimate of drug-likeness (QED) is 0.374. The van der Waals surface area contributed by atoms with Crippen molar-refractivity contribution in [1.82, 2.24) is 0 Å². The number of hydrogen-bond acceptors (Lipinski definition) is 6. The van der Waals surface area contributed by atoms with Crippen LogP contribution in [0.5, 0.6) is 0 Å². The van der Waals surface area contributed by atoms with Gasteiger partial charge in [0.1, 0.15) is 0 Å². The molecule has 9 nitrogen and oxygen atoms in total. The van der Waals surface area contributed by atoms with Crippen LogP contribution in [0, 0.1) is 10.1 Å². The topological polar surface area (TPSA) is 153 Å². The number of anilines is 1. The summed E-state index contributed by atoms with van der Waals surface area (Å²) in [5.74, 6) is -1.51. The molecule has 0 fully saturated rings. The molecule has 0 saturated heterocycles. The summed E-state index contributed by atoms with van der Waals surface area (Å²) in [7, 11) is -3.59. The number of nitrogens with two attached hydrogens (primary N) is 1. The summed E-state index contributed by atoms with van der Waals surface area (Å²) in [6.07, 6.45) is 0.153. The molecule has 0 unspecified atom stereocenters. The van der Waals surface area contributed by atoms with E-state index in [1.165, 1.54) is 0 Å². The van der Waals surface area contributed by atoms with Crippen molar-refractivity contribution in [3.63, 3.8) is 0 Å². The number of benzene rings is 1. The number of carboxylic acid groups (broad SMARTS) is 1. The van der Waals surface area contributed by atoms with Crippen LogP contribution in [0.25, 0.3) is 0 Å². The zero-order chi connectivity index (χ0) is 15.3. The molecule has 0 aliphatic rings. The van der Waals surface area contributed by atoms with Gasteiger partial charge in [-0.25, -0.2) is 18.4 Å². The third kappa shape index (κ3) is 4.82. The van der Waals surface area contributed by atoms with Crippen LogP contribution < -0.4 is 10.5 Å². The van der Waals surface area contributed by atoms with Gasteiger partial charge in [0.05, 0.1) is 21.9 Å². The van der Waals surface area contributed by atoms with E-state index >= 15 is 0 Å². The number of rotatable bonds is 7. The lowest BCUT2D eigenvalue weighted by Gasteiger charge is -2.09. The molecule has 4 N–H and O–H groups in total. The first-order chi connectivity index (χ1) is 9.20. The highest BCUT2D eigenvalue weighted by molar-refractivity contribution is 7.89. The summed E-state index contributed by atoms with van der Waals surface area (Å²) >= 11 is 0. The second-order valence-electron chi connectivity index (χ2n) is 3.94. The monoisotopic (exact) mass is 303 g/mol. The van der Waals surface area contributed by atoms with Gasteiger partial charge in [0.15, 0.2) is 0 Å². The van der Waals surface area contributed by atoms with Crippen LogP contribution in [0.3, 0.4) is 0 Å². The summed E-state index contributed by atoms with van der Waals surface area (Å²) in [4.78, 5) is 20.9. The van der Waals surface area contributed by atoms with Gasteiger partial charge < -0.3 is 10.4 Å². The maximum atomic E-state index is 11.0. The number of nitrogens with zero attached hydrogens (tertiary/aromatic N) is 1. The molecular weight excluding hydrogens is 290 g/mol. The largest absolute Gasteiger partial charge is 0.478 e. The molecule has 0 aliphatic heterocycles. The lowest BCUT2D eigenvalue weighted by atomic mass is 10.1. The molecule has 1 aromatic rings. The number of nitro benzene ring substituents is 1. The van der Waals surface area contributed by atoms with Crippen LogP contribution in [0.15, 0.2) is 18.2 Å².